The van der Waals surface area contributed by atoms with Gasteiger partial charge in [-0.15, -0.1) is 0 Å². The molecule has 1 atom stereocenters. The number of nitrogens with zero attached hydrogens (tertiary/aromatic N) is 2. The number of benzene rings is 1. The van der Waals surface area contributed by atoms with Crippen LogP contribution in [0.2, 0.25) is 0 Å². The molecule has 1 aliphatic rings. The van der Waals surface area contributed by atoms with E-state index in [1.165, 1.54) is 11.1 Å². The highest BCUT2D eigenvalue weighted by molar-refractivity contribution is 5.93. The SMILES string of the molecule is CCOC(=O)/C(C#N)=C/N1CCNC(=O)C1CC(=O)OCCc1ccccc1. The van der Waals surface area contributed by atoms with Gasteiger partial charge >= 0.3 is 11.9 Å². The molecule has 28 heavy (non-hydrogen) atoms. The van der Waals surface area contributed by atoms with E-state index in [2.05, 4.69) is 5.32 Å². The number of ether oxygens (including phenoxy) is 2. The zero-order chi connectivity index (χ0) is 20.4. The van der Waals surface area contributed by atoms with Gasteiger partial charge in [-0.05, 0) is 12.5 Å². The summed E-state index contributed by atoms with van der Waals surface area (Å²) in [5.74, 6) is -1.64. The molecule has 0 aromatic heterocycles. The Morgan fingerprint density at radius 2 is 2.07 bits per heavy atom. The lowest BCUT2D eigenvalue weighted by Gasteiger charge is -2.33. The van der Waals surface area contributed by atoms with E-state index in [9.17, 15) is 19.6 Å². The summed E-state index contributed by atoms with van der Waals surface area (Å²) in [6, 6.07) is 10.5. The first-order valence-corrected chi connectivity index (χ1v) is 9.07. The van der Waals surface area contributed by atoms with Crippen LogP contribution in [0.1, 0.15) is 18.9 Å². The van der Waals surface area contributed by atoms with E-state index in [1.807, 2.05) is 30.3 Å². The van der Waals surface area contributed by atoms with Gasteiger partial charge in [-0.3, -0.25) is 9.59 Å². The average molecular weight is 385 g/mol. The number of rotatable bonds is 8. The molecule has 1 aromatic rings. The average Bonchev–Trinajstić information content (AvgIpc) is 2.69. The van der Waals surface area contributed by atoms with Crippen LogP contribution in [0.4, 0.5) is 0 Å². The highest BCUT2D eigenvalue weighted by atomic mass is 16.5. The highest BCUT2D eigenvalue weighted by Crippen LogP contribution is 2.13. The molecular formula is C20H23N3O5. The van der Waals surface area contributed by atoms with Gasteiger partial charge in [-0.25, -0.2) is 4.79 Å². The molecule has 1 saturated heterocycles. The van der Waals surface area contributed by atoms with Gasteiger partial charge in [0.2, 0.25) is 5.91 Å². The van der Waals surface area contributed by atoms with Gasteiger partial charge in [-0.2, -0.15) is 5.26 Å². The number of esters is 2. The molecular weight excluding hydrogens is 362 g/mol. The molecule has 1 unspecified atom stereocenters. The van der Waals surface area contributed by atoms with Crippen LogP contribution in [-0.4, -0.2) is 55.1 Å². The Morgan fingerprint density at radius 3 is 2.75 bits per heavy atom. The van der Waals surface area contributed by atoms with Crippen molar-refractivity contribution in [3.05, 3.63) is 47.7 Å². The molecule has 8 heteroatoms. The number of hydrogen-bond donors (Lipinski definition) is 1. The van der Waals surface area contributed by atoms with Gasteiger partial charge in [0.1, 0.15) is 12.1 Å². The van der Waals surface area contributed by atoms with Crippen molar-refractivity contribution in [3.8, 4) is 6.07 Å². The second-order valence-electron chi connectivity index (χ2n) is 6.08. The fourth-order valence-electron chi connectivity index (χ4n) is 2.74. The summed E-state index contributed by atoms with van der Waals surface area (Å²) in [4.78, 5) is 37.7. The second-order valence-corrected chi connectivity index (χ2v) is 6.08. The summed E-state index contributed by atoms with van der Waals surface area (Å²) >= 11 is 0. The summed E-state index contributed by atoms with van der Waals surface area (Å²) in [6.45, 7) is 2.68. The molecule has 1 amide bonds. The number of nitriles is 1. The molecule has 0 radical (unpaired) electrons. The van der Waals surface area contributed by atoms with E-state index < -0.39 is 18.0 Å². The van der Waals surface area contributed by atoms with Crippen LogP contribution in [0.5, 0.6) is 0 Å². The molecule has 1 aromatic carbocycles. The van der Waals surface area contributed by atoms with Gasteiger partial charge in [0, 0.05) is 25.7 Å². The van der Waals surface area contributed by atoms with E-state index in [0.717, 1.165) is 5.56 Å². The maximum atomic E-state index is 12.2. The Kier molecular flexibility index (Phi) is 8.03. The van der Waals surface area contributed by atoms with E-state index in [0.29, 0.717) is 19.5 Å². The van der Waals surface area contributed by atoms with Crippen LogP contribution in [0.15, 0.2) is 42.1 Å². The number of amides is 1. The van der Waals surface area contributed by atoms with E-state index in [-0.39, 0.29) is 31.1 Å². The van der Waals surface area contributed by atoms with Crippen LogP contribution < -0.4 is 5.32 Å². The minimum Gasteiger partial charge on any atom is -0.465 e. The Bertz CT molecular complexity index is 770. The largest absolute Gasteiger partial charge is 0.465 e. The predicted molar refractivity (Wildman–Crippen MR) is 99.6 cm³/mol. The molecule has 1 aliphatic heterocycles. The Labute approximate surface area is 163 Å². The molecule has 0 aliphatic carbocycles. The van der Waals surface area contributed by atoms with Gasteiger partial charge in [-0.1, -0.05) is 30.3 Å². The summed E-state index contributed by atoms with van der Waals surface area (Å²) in [6.07, 6.45) is 1.67. The van der Waals surface area contributed by atoms with Crippen molar-refractivity contribution in [2.75, 3.05) is 26.3 Å². The number of carbonyl (C=O) groups is 3. The molecule has 8 nitrogen and oxygen atoms in total. The summed E-state index contributed by atoms with van der Waals surface area (Å²) < 4.78 is 10.1. The third kappa shape index (κ3) is 6.13. The summed E-state index contributed by atoms with van der Waals surface area (Å²) in [5.41, 5.74) is 0.822. The van der Waals surface area contributed by atoms with Crippen molar-refractivity contribution in [1.82, 2.24) is 10.2 Å². The maximum absolute atomic E-state index is 12.2. The van der Waals surface area contributed by atoms with Gasteiger partial charge in [0.25, 0.3) is 0 Å². The number of carbonyl (C=O) groups excluding carboxylic acids is 3. The van der Waals surface area contributed by atoms with Crippen LogP contribution >= 0.6 is 0 Å². The van der Waals surface area contributed by atoms with Gasteiger partial charge in [0.15, 0.2) is 5.57 Å². The predicted octanol–water partition coefficient (Wildman–Crippen LogP) is 0.933. The number of nitrogens with one attached hydrogen (secondary N) is 1. The summed E-state index contributed by atoms with van der Waals surface area (Å²) in [7, 11) is 0. The minimum absolute atomic E-state index is 0.134. The molecule has 2 rings (SSSR count). The van der Waals surface area contributed by atoms with Gasteiger partial charge in [0.05, 0.1) is 19.6 Å². The van der Waals surface area contributed by atoms with Crippen molar-refractivity contribution in [3.63, 3.8) is 0 Å². The van der Waals surface area contributed by atoms with Crippen molar-refractivity contribution >= 4 is 17.8 Å². The van der Waals surface area contributed by atoms with Crippen molar-refractivity contribution in [2.24, 2.45) is 0 Å². The standard InChI is InChI=1S/C20H23N3O5/c1-2-27-20(26)16(13-21)14-23-10-9-22-19(25)17(23)12-18(24)28-11-8-15-6-4-3-5-7-15/h3-7,14,17H,2,8-12H2,1H3,(H,22,25)/b16-14+. The molecule has 148 valence electrons. The smallest absolute Gasteiger partial charge is 0.350 e. The number of hydrogen-bond acceptors (Lipinski definition) is 7. The molecule has 0 saturated carbocycles. The zero-order valence-corrected chi connectivity index (χ0v) is 15.7. The Hall–Kier alpha value is -3.34. The van der Waals surface area contributed by atoms with Crippen molar-refractivity contribution in [1.29, 1.82) is 5.26 Å². The Balaban J connectivity index is 1.97. The lowest BCUT2D eigenvalue weighted by atomic mass is 10.1. The second kappa shape index (κ2) is 10.7. The minimum atomic E-state index is -0.851. The maximum Gasteiger partial charge on any atom is 0.350 e. The van der Waals surface area contributed by atoms with Crippen LogP contribution in [-0.2, 0) is 30.3 Å². The number of piperazine rings is 1. The third-order valence-corrected chi connectivity index (χ3v) is 4.14. The first kappa shape index (κ1) is 21.0. The van der Waals surface area contributed by atoms with Crippen molar-refractivity contribution in [2.45, 2.75) is 25.8 Å². The molecule has 1 fully saturated rings. The van der Waals surface area contributed by atoms with Crippen LogP contribution in [0, 0.1) is 11.3 Å². The monoisotopic (exact) mass is 385 g/mol. The molecule has 1 N–H and O–H groups in total. The molecule has 0 bridgehead atoms. The first-order chi connectivity index (χ1) is 13.5. The topological polar surface area (TPSA) is 109 Å². The lowest BCUT2D eigenvalue weighted by Crippen LogP contribution is -2.54. The van der Waals surface area contributed by atoms with Crippen LogP contribution in [0.3, 0.4) is 0 Å². The fourth-order valence-corrected chi connectivity index (χ4v) is 2.74. The first-order valence-electron chi connectivity index (χ1n) is 9.07. The normalized spacial score (nSPS) is 16.7. The summed E-state index contributed by atoms with van der Waals surface area (Å²) in [5, 5.41) is 11.9. The van der Waals surface area contributed by atoms with E-state index in [1.54, 1.807) is 13.0 Å². The van der Waals surface area contributed by atoms with Gasteiger partial charge < -0.3 is 19.7 Å². The van der Waals surface area contributed by atoms with E-state index >= 15 is 0 Å². The van der Waals surface area contributed by atoms with E-state index in [4.69, 9.17) is 9.47 Å². The quantitative estimate of drug-likeness (QED) is 0.403. The highest BCUT2D eigenvalue weighted by Gasteiger charge is 2.31. The third-order valence-electron chi connectivity index (χ3n) is 4.14. The lowest BCUT2D eigenvalue weighted by molar-refractivity contribution is -0.147. The Morgan fingerprint density at radius 1 is 1.32 bits per heavy atom. The fraction of sp³-hybridized carbons (Fsp3) is 0.400. The van der Waals surface area contributed by atoms with Crippen LogP contribution in [0.25, 0.3) is 0 Å². The van der Waals surface area contributed by atoms with Crippen molar-refractivity contribution < 1.29 is 23.9 Å². The molecule has 0 spiro atoms. The molecule has 1 heterocycles. The zero-order valence-electron chi connectivity index (χ0n) is 15.7.